The molecule has 0 radical (unpaired) electrons. The first-order chi connectivity index (χ1) is 21.4. The molecule has 0 aliphatic heterocycles. The lowest BCUT2D eigenvalue weighted by atomic mass is 9.82. The number of rotatable bonds is 8. The van der Waals surface area contributed by atoms with E-state index in [9.17, 15) is 19.2 Å². The maximum Gasteiger partial charge on any atom is 0.197 e. The molecular formula is C42H44O4. The molecule has 0 N–H and O–H groups in total. The first-order valence-corrected chi connectivity index (χ1v) is 15.7. The van der Waals surface area contributed by atoms with Crippen LogP contribution in [0.25, 0.3) is 0 Å². The third-order valence-electron chi connectivity index (χ3n) is 9.92. The van der Waals surface area contributed by atoms with E-state index in [0.717, 1.165) is 66.8 Å². The van der Waals surface area contributed by atoms with Crippen molar-refractivity contribution in [2.75, 3.05) is 0 Å². The molecule has 0 aromatic heterocycles. The van der Waals surface area contributed by atoms with E-state index in [-0.39, 0.29) is 22.3 Å². The molecule has 0 fully saturated rings. The number of allylic oxidation sites excluding steroid dienone is 2. The molecule has 0 spiro atoms. The Hall–Kier alpha value is -4.70. The van der Waals surface area contributed by atoms with Crippen LogP contribution >= 0.6 is 0 Å². The SMILES string of the molecule is Cc1cc(C(=O)C(C(=O)c2cc(C)c(C)c(C)c2)=C(C(=O)c2cc(C)c(C)c(C)c2)C(=O)c2cc(C)c(C)c(C)c2)cc(C)c1C. The third-order valence-corrected chi connectivity index (χ3v) is 9.92. The van der Waals surface area contributed by atoms with Gasteiger partial charge in [-0.1, -0.05) is 0 Å². The number of Topliss-reactive ketones (excluding diaryl/α,β-unsaturated/α-hetero) is 4. The molecule has 0 unspecified atom stereocenters. The third kappa shape index (κ3) is 6.35. The number of ketones is 4. The number of carbonyl (C=O) groups excluding carboxylic acids is 4. The van der Waals surface area contributed by atoms with Gasteiger partial charge in [-0.25, -0.2) is 0 Å². The Bertz CT molecular complexity index is 1640. The quantitative estimate of drug-likeness (QED) is 0.0860. The molecule has 4 nitrogen and oxygen atoms in total. The van der Waals surface area contributed by atoms with Crippen LogP contribution < -0.4 is 0 Å². The van der Waals surface area contributed by atoms with Gasteiger partial charge in [0.1, 0.15) is 0 Å². The summed E-state index contributed by atoms with van der Waals surface area (Å²) in [5.41, 5.74) is 11.4. The molecule has 46 heavy (non-hydrogen) atoms. The fraction of sp³-hybridized carbons (Fsp3) is 0.286. The monoisotopic (exact) mass is 612 g/mol. The van der Waals surface area contributed by atoms with Gasteiger partial charge in [-0.2, -0.15) is 0 Å². The molecule has 4 heteroatoms. The van der Waals surface area contributed by atoms with Crippen molar-refractivity contribution < 1.29 is 19.2 Å². The lowest BCUT2D eigenvalue weighted by molar-refractivity contribution is 0.0908. The van der Waals surface area contributed by atoms with Gasteiger partial charge in [0.25, 0.3) is 0 Å². The lowest BCUT2D eigenvalue weighted by Crippen LogP contribution is -2.25. The summed E-state index contributed by atoms with van der Waals surface area (Å²) in [6, 6.07) is 13.9. The van der Waals surface area contributed by atoms with Crippen molar-refractivity contribution in [1.82, 2.24) is 0 Å². The summed E-state index contributed by atoms with van der Waals surface area (Å²) in [5.74, 6) is -2.59. The zero-order valence-corrected chi connectivity index (χ0v) is 29.3. The van der Waals surface area contributed by atoms with Crippen LogP contribution in [0.2, 0.25) is 0 Å². The van der Waals surface area contributed by atoms with E-state index in [0.29, 0.717) is 0 Å². The van der Waals surface area contributed by atoms with E-state index in [2.05, 4.69) is 0 Å². The van der Waals surface area contributed by atoms with Gasteiger partial charge in [-0.05, 0) is 198 Å². The molecular weight excluding hydrogens is 568 g/mol. The largest absolute Gasteiger partial charge is 0.288 e. The van der Waals surface area contributed by atoms with Crippen LogP contribution in [0.15, 0.2) is 59.7 Å². The number of aryl methyl sites for hydroxylation is 8. The van der Waals surface area contributed by atoms with E-state index in [4.69, 9.17) is 0 Å². The number of benzene rings is 4. The van der Waals surface area contributed by atoms with Crippen molar-refractivity contribution in [3.8, 4) is 0 Å². The summed E-state index contributed by atoms with van der Waals surface area (Å²) < 4.78 is 0. The summed E-state index contributed by atoms with van der Waals surface area (Å²) in [6.45, 7) is 23.1. The van der Waals surface area contributed by atoms with Gasteiger partial charge in [0.15, 0.2) is 23.1 Å². The van der Waals surface area contributed by atoms with E-state index in [1.54, 1.807) is 48.5 Å². The molecule has 4 aromatic carbocycles. The summed E-state index contributed by atoms with van der Waals surface area (Å²) in [6.07, 6.45) is 0. The predicted molar refractivity (Wildman–Crippen MR) is 187 cm³/mol. The minimum Gasteiger partial charge on any atom is -0.288 e. The van der Waals surface area contributed by atoms with Gasteiger partial charge in [-0.15, -0.1) is 0 Å². The van der Waals surface area contributed by atoms with Gasteiger partial charge in [0.2, 0.25) is 0 Å². The molecule has 236 valence electrons. The predicted octanol–water partition coefficient (Wildman–Crippen LogP) is 9.52. The zero-order chi connectivity index (χ0) is 34.4. The van der Waals surface area contributed by atoms with Crippen LogP contribution in [0.1, 0.15) is 108 Å². The summed E-state index contributed by atoms with van der Waals surface area (Å²) in [5, 5.41) is 0. The van der Waals surface area contributed by atoms with Crippen molar-refractivity contribution in [1.29, 1.82) is 0 Å². The highest BCUT2D eigenvalue weighted by atomic mass is 16.2. The Morgan fingerprint density at radius 1 is 0.283 bits per heavy atom. The van der Waals surface area contributed by atoms with Gasteiger partial charge < -0.3 is 0 Å². The minimum absolute atomic E-state index is 0.259. The fourth-order valence-electron chi connectivity index (χ4n) is 5.90. The van der Waals surface area contributed by atoms with E-state index in [1.807, 2.05) is 83.1 Å². The van der Waals surface area contributed by atoms with Crippen molar-refractivity contribution >= 4 is 23.1 Å². The highest BCUT2D eigenvalue weighted by Gasteiger charge is 2.35. The van der Waals surface area contributed by atoms with Gasteiger partial charge in [0, 0.05) is 22.3 Å². The Morgan fingerprint density at radius 2 is 0.413 bits per heavy atom. The number of hydrogen-bond donors (Lipinski definition) is 0. The first-order valence-electron chi connectivity index (χ1n) is 15.7. The Balaban J connectivity index is 2.17. The van der Waals surface area contributed by atoms with Gasteiger partial charge >= 0.3 is 0 Å². The van der Waals surface area contributed by atoms with Gasteiger partial charge in [0.05, 0.1) is 11.1 Å². The summed E-state index contributed by atoms with van der Waals surface area (Å²) in [4.78, 5) is 58.9. The van der Waals surface area contributed by atoms with Crippen molar-refractivity contribution in [3.05, 3.63) is 149 Å². The van der Waals surface area contributed by atoms with Crippen LogP contribution in [0.3, 0.4) is 0 Å². The van der Waals surface area contributed by atoms with E-state index >= 15 is 0 Å². The van der Waals surface area contributed by atoms with Crippen LogP contribution in [0, 0.1) is 83.1 Å². The van der Waals surface area contributed by atoms with Crippen molar-refractivity contribution in [3.63, 3.8) is 0 Å². The second-order valence-electron chi connectivity index (χ2n) is 13.0. The standard InChI is InChI=1S/C42H44O4/c1-21-13-33(14-22(2)29(21)9)39(43)37(40(44)34-15-23(3)30(10)24(4)16-34)38(41(45)35-17-25(5)31(11)26(6)18-35)42(46)36-19-27(7)32(12)28(8)20-36/h13-20H,1-12H3. The number of carbonyl (C=O) groups is 4. The lowest BCUT2D eigenvalue weighted by Gasteiger charge is -2.18. The van der Waals surface area contributed by atoms with Crippen molar-refractivity contribution in [2.24, 2.45) is 0 Å². The molecule has 4 rings (SSSR count). The molecule has 0 atom stereocenters. The molecule has 0 aliphatic carbocycles. The zero-order valence-electron chi connectivity index (χ0n) is 29.3. The molecule has 0 bridgehead atoms. The summed E-state index contributed by atoms with van der Waals surface area (Å²) in [7, 11) is 0. The fourth-order valence-corrected chi connectivity index (χ4v) is 5.90. The average Bonchev–Trinajstić information content (AvgIpc) is 3.00. The maximum absolute atomic E-state index is 14.7. The van der Waals surface area contributed by atoms with E-state index in [1.165, 1.54) is 0 Å². The summed E-state index contributed by atoms with van der Waals surface area (Å²) >= 11 is 0. The molecule has 0 saturated heterocycles. The molecule has 0 amide bonds. The van der Waals surface area contributed by atoms with Crippen LogP contribution in [0.4, 0.5) is 0 Å². The molecule has 4 aromatic rings. The second kappa shape index (κ2) is 13.0. The van der Waals surface area contributed by atoms with Crippen molar-refractivity contribution in [2.45, 2.75) is 83.1 Å². The molecule has 0 saturated carbocycles. The average molecular weight is 613 g/mol. The normalized spacial score (nSPS) is 11.0. The Kier molecular flexibility index (Phi) is 9.63. The smallest absolute Gasteiger partial charge is 0.197 e. The maximum atomic E-state index is 14.7. The van der Waals surface area contributed by atoms with Gasteiger partial charge in [-0.3, -0.25) is 19.2 Å². The Labute approximate surface area is 273 Å². The highest BCUT2D eigenvalue weighted by molar-refractivity contribution is 6.42. The topological polar surface area (TPSA) is 68.3 Å². The van der Waals surface area contributed by atoms with Crippen LogP contribution in [0.5, 0.6) is 0 Å². The molecule has 0 heterocycles. The number of hydrogen-bond acceptors (Lipinski definition) is 4. The highest BCUT2D eigenvalue weighted by Crippen LogP contribution is 2.30. The first kappa shape index (κ1) is 34.2. The minimum atomic E-state index is -0.648. The van der Waals surface area contributed by atoms with Crippen LogP contribution in [-0.2, 0) is 0 Å². The Morgan fingerprint density at radius 3 is 0.543 bits per heavy atom. The second-order valence-corrected chi connectivity index (χ2v) is 13.0. The molecule has 0 aliphatic rings. The van der Waals surface area contributed by atoms with Crippen LogP contribution in [-0.4, -0.2) is 23.1 Å². The van der Waals surface area contributed by atoms with E-state index < -0.39 is 34.3 Å².